The first-order valence-corrected chi connectivity index (χ1v) is 6.67. The monoisotopic (exact) mass is 257 g/mol. The van der Waals surface area contributed by atoms with Crippen LogP contribution in [0.2, 0.25) is 0 Å². The van der Waals surface area contributed by atoms with E-state index in [9.17, 15) is 4.57 Å². The first-order chi connectivity index (χ1) is 8.01. The van der Waals surface area contributed by atoms with E-state index in [1.54, 1.807) is 12.1 Å². The van der Waals surface area contributed by atoms with Crippen molar-refractivity contribution in [2.75, 3.05) is 6.54 Å². The summed E-state index contributed by atoms with van der Waals surface area (Å²) in [6.45, 7) is 0.706. The zero-order chi connectivity index (χ0) is 12.5. The number of hydrogen-bond donors (Lipinski definition) is 4. The number of aromatic amines is 1. The lowest BCUT2D eigenvalue weighted by Gasteiger charge is -2.08. The van der Waals surface area contributed by atoms with E-state index in [0.29, 0.717) is 11.9 Å². The molecule has 1 heterocycles. The van der Waals surface area contributed by atoms with Crippen molar-refractivity contribution in [3.63, 3.8) is 0 Å². The van der Waals surface area contributed by atoms with Crippen LogP contribution in [-0.2, 0) is 11.0 Å². The van der Waals surface area contributed by atoms with Gasteiger partial charge in [0.1, 0.15) is 5.75 Å². The molecule has 6 N–H and O–H groups in total. The van der Waals surface area contributed by atoms with Crippen molar-refractivity contribution in [2.24, 2.45) is 0 Å². The van der Waals surface area contributed by atoms with E-state index in [0.717, 1.165) is 17.5 Å². The highest BCUT2D eigenvalue weighted by molar-refractivity contribution is 7.46. The number of quaternary nitrogens is 1. The number of H-pyrrole nitrogens is 1. The molecular weight excluding hydrogens is 243 g/mol. The molecule has 1 aromatic carbocycles. The minimum Gasteiger partial charge on any atom is -0.404 e. The normalized spacial score (nSPS) is 11.9. The van der Waals surface area contributed by atoms with Crippen LogP contribution in [0.1, 0.15) is 5.56 Å². The van der Waals surface area contributed by atoms with Gasteiger partial charge in [0, 0.05) is 23.5 Å². The van der Waals surface area contributed by atoms with Crippen LogP contribution in [0.15, 0.2) is 24.4 Å². The molecule has 0 unspecified atom stereocenters. The average molecular weight is 257 g/mol. The second-order valence-corrected chi connectivity index (χ2v) is 4.84. The molecule has 0 atom stereocenters. The molecular formula is C10H14N2O4P+. The maximum atomic E-state index is 10.9. The second kappa shape index (κ2) is 4.50. The van der Waals surface area contributed by atoms with Gasteiger partial charge in [0.2, 0.25) is 0 Å². The first kappa shape index (κ1) is 12.1. The summed E-state index contributed by atoms with van der Waals surface area (Å²) in [5.74, 6) is 0.195. The molecule has 0 aliphatic heterocycles. The largest absolute Gasteiger partial charge is 0.524 e. The molecule has 6 nitrogen and oxygen atoms in total. The number of rotatable bonds is 4. The maximum absolute atomic E-state index is 10.9. The molecule has 0 bridgehead atoms. The van der Waals surface area contributed by atoms with Gasteiger partial charge in [0.15, 0.2) is 0 Å². The van der Waals surface area contributed by atoms with E-state index in [1.165, 1.54) is 0 Å². The highest BCUT2D eigenvalue weighted by Gasteiger charge is 2.19. The van der Waals surface area contributed by atoms with Crippen LogP contribution in [0.3, 0.4) is 0 Å². The summed E-state index contributed by atoms with van der Waals surface area (Å²) in [4.78, 5) is 20.7. The molecule has 17 heavy (non-hydrogen) atoms. The van der Waals surface area contributed by atoms with Gasteiger partial charge in [-0.2, -0.15) is 0 Å². The molecule has 0 saturated carbocycles. The predicted octanol–water partition coefficient (Wildman–Crippen LogP) is 0.424. The van der Waals surface area contributed by atoms with E-state index >= 15 is 0 Å². The van der Waals surface area contributed by atoms with Crippen LogP contribution in [-0.4, -0.2) is 21.3 Å². The Labute approximate surface area is 97.6 Å². The summed E-state index contributed by atoms with van der Waals surface area (Å²) in [7, 11) is -4.54. The van der Waals surface area contributed by atoms with Gasteiger partial charge in [-0.15, -0.1) is 0 Å². The molecule has 0 amide bonds. The summed E-state index contributed by atoms with van der Waals surface area (Å²) >= 11 is 0. The standard InChI is InChI=1S/C10H13N2O4P/c11-5-4-7-6-12-8-2-1-3-9(10(7)8)16-17(13,14)15/h1-3,6,12H,4-5,11H2,(H2,13,14,15)/p+1. The van der Waals surface area contributed by atoms with E-state index in [-0.39, 0.29) is 5.75 Å². The third-order valence-corrected chi connectivity index (χ3v) is 2.85. The van der Waals surface area contributed by atoms with Gasteiger partial charge in [-0.05, 0) is 17.7 Å². The average Bonchev–Trinajstić information content (AvgIpc) is 2.61. The Balaban J connectivity index is 2.54. The number of benzene rings is 1. The SMILES string of the molecule is [NH3+]CCc1c[nH]c2cccc(OP(=O)(O)O)c12. The molecule has 92 valence electrons. The van der Waals surface area contributed by atoms with Crippen LogP contribution in [0, 0.1) is 0 Å². The van der Waals surface area contributed by atoms with Crippen molar-refractivity contribution < 1.29 is 24.6 Å². The molecule has 0 spiro atoms. The minimum absolute atomic E-state index is 0.195. The Morgan fingerprint density at radius 1 is 1.41 bits per heavy atom. The Morgan fingerprint density at radius 2 is 2.18 bits per heavy atom. The molecule has 2 aromatic rings. The number of phosphoric ester groups is 1. The number of fused-ring (bicyclic) bond motifs is 1. The molecule has 0 aliphatic rings. The smallest absolute Gasteiger partial charge is 0.404 e. The van der Waals surface area contributed by atoms with Crippen molar-refractivity contribution in [3.05, 3.63) is 30.0 Å². The molecule has 0 radical (unpaired) electrons. The minimum atomic E-state index is -4.54. The van der Waals surface area contributed by atoms with Gasteiger partial charge in [-0.1, -0.05) is 6.07 Å². The van der Waals surface area contributed by atoms with Gasteiger partial charge in [-0.25, -0.2) is 4.57 Å². The number of nitrogens with one attached hydrogen (secondary N) is 1. The summed E-state index contributed by atoms with van der Waals surface area (Å²) in [5, 5.41) is 0.708. The van der Waals surface area contributed by atoms with Gasteiger partial charge in [0.05, 0.1) is 6.54 Å². The van der Waals surface area contributed by atoms with Crippen LogP contribution in [0.4, 0.5) is 0 Å². The van der Waals surface area contributed by atoms with Gasteiger partial charge < -0.3 is 15.2 Å². The van der Waals surface area contributed by atoms with Crippen LogP contribution in [0.5, 0.6) is 5.75 Å². The van der Waals surface area contributed by atoms with Crippen molar-refractivity contribution in [1.82, 2.24) is 4.98 Å². The van der Waals surface area contributed by atoms with E-state index in [2.05, 4.69) is 15.2 Å². The van der Waals surface area contributed by atoms with Crippen LogP contribution < -0.4 is 10.3 Å². The summed E-state index contributed by atoms with van der Waals surface area (Å²) < 4.78 is 15.6. The van der Waals surface area contributed by atoms with Crippen LogP contribution in [0.25, 0.3) is 10.9 Å². The van der Waals surface area contributed by atoms with Crippen molar-refractivity contribution in [2.45, 2.75) is 6.42 Å². The Kier molecular flexibility index (Phi) is 3.22. The summed E-state index contributed by atoms with van der Waals surface area (Å²) in [6, 6.07) is 5.05. The lowest BCUT2D eigenvalue weighted by Crippen LogP contribution is -2.51. The fourth-order valence-corrected chi connectivity index (χ4v) is 2.22. The Bertz CT molecular complexity index is 575. The predicted molar refractivity (Wildman–Crippen MR) is 62.4 cm³/mol. The molecule has 0 fully saturated rings. The lowest BCUT2D eigenvalue weighted by molar-refractivity contribution is -0.366. The molecule has 7 heteroatoms. The molecule has 0 saturated heterocycles. The van der Waals surface area contributed by atoms with E-state index in [4.69, 9.17) is 9.79 Å². The maximum Gasteiger partial charge on any atom is 0.524 e. The third kappa shape index (κ3) is 2.68. The molecule has 1 aromatic heterocycles. The zero-order valence-electron chi connectivity index (χ0n) is 9.09. The third-order valence-electron chi connectivity index (χ3n) is 2.41. The highest BCUT2D eigenvalue weighted by atomic mass is 31.2. The van der Waals surface area contributed by atoms with Gasteiger partial charge in [0.25, 0.3) is 0 Å². The fourth-order valence-electron chi connectivity index (χ4n) is 1.81. The zero-order valence-corrected chi connectivity index (χ0v) is 9.98. The van der Waals surface area contributed by atoms with E-state index in [1.807, 2.05) is 12.3 Å². The van der Waals surface area contributed by atoms with Gasteiger partial charge in [-0.3, -0.25) is 9.79 Å². The van der Waals surface area contributed by atoms with Crippen molar-refractivity contribution in [3.8, 4) is 5.75 Å². The fraction of sp³-hybridized carbons (Fsp3) is 0.200. The second-order valence-electron chi connectivity index (χ2n) is 3.68. The summed E-state index contributed by atoms with van der Waals surface area (Å²) in [6.07, 6.45) is 2.53. The highest BCUT2D eigenvalue weighted by Crippen LogP contribution is 2.41. The number of hydrogen-bond acceptors (Lipinski definition) is 2. The van der Waals surface area contributed by atoms with Crippen LogP contribution >= 0.6 is 7.82 Å². The van der Waals surface area contributed by atoms with Crippen molar-refractivity contribution in [1.29, 1.82) is 0 Å². The topological polar surface area (TPSA) is 110 Å². The van der Waals surface area contributed by atoms with Gasteiger partial charge >= 0.3 is 7.82 Å². The number of phosphoric acid groups is 1. The first-order valence-electron chi connectivity index (χ1n) is 5.14. The summed E-state index contributed by atoms with van der Waals surface area (Å²) in [5.41, 5.74) is 5.50. The quantitative estimate of drug-likeness (QED) is 0.595. The number of aromatic nitrogens is 1. The van der Waals surface area contributed by atoms with Crippen molar-refractivity contribution >= 4 is 18.7 Å². The molecule has 2 rings (SSSR count). The Hall–Kier alpha value is -1.33. The molecule has 0 aliphatic carbocycles. The Morgan fingerprint density at radius 3 is 2.82 bits per heavy atom. The van der Waals surface area contributed by atoms with E-state index < -0.39 is 7.82 Å². The lowest BCUT2D eigenvalue weighted by atomic mass is 10.1.